The number of anilines is 2. The number of halogens is 1. The summed E-state index contributed by atoms with van der Waals surface area (Å²) in [6, 6.07) is 18.9. The maximum absolute atomic E-state index is 13.2. The van der Waals surface area contributed by atoms with Crippen LogP contribution in [0.25, 0.3) is 11.1 Å². The largest absolute Gasteiger partial charge is 0.384 e. The molecule has 1 amide bonds. The van der Waals surface area contributed by atoms with Crippen LogP contribution in [0.15, 0.2) is 73.1 Å². The van der Waals surface area contributed by atoms with Gasteiger partial charge in [0.25, 0.3) is 5.91 Å². The highest BCUT2D eigenvalue weighted by Crippen LogP contribution is 2.24. The van der Waals surface area contributed by atoms with Gasteiger partial charge in [0.1, 0.15) is 23.5 Å². The Morgan fingerprint density at radius 1 is 1.08 bits per heavy atom. The molecule has 0 aliphatic rings. The molecule has 4 N–H and O–H groups in total. The molecule has 2 aromatic heterocycles. The number of nitriles is 1. The molecule has 0 saturated heterocycles. The van der Waals surface area contributed by atoms with Gasteiger partial charge in [-0.05, 0) is 60.4 Å². The molecule has 7 nitrogen and oxygen atoms in total. The third-order valence-corrected chi connectivity index (χ3v) is 5.84. The summed E-state index contributed by atoms with van der Waals surface area (Å²) in [6.07, 6.45) is 3.18. The van der Waals surface area contributed by atoms with E-state index in [1.165, 1.54) is 24.4 Å². The minimum Gasteiger partial charge on any atom is -0.384 e. The van der Waals surface area contributed by atoms with Crippen LogP contribution in [0.1, 0.15) is 45.6 Å². The zero-order chi connectivity index (χ0) is 25.7. The van der Waals surface area contributed by atoms with Crippen molar-refractivity contribution < 1.29 is 9.18 Å². The molecule has 1 atom stereocenters. The number of hydrogen-bond acceptors (Lipinski definition) is 6. The van der Waals surface area contributed by atoms with E-state index in [1.54, 1.807) is 25.3 Å². The maximum atomic E-state index is 13.2. The zero-order valence-electron chi connectivity index (χ0n) is 19.9. The lowest BCUT2D eigenvalue weighted by Crippen LogP contribution is -2.28. The zero-order valence-corrected chi connectivity index (χ0v) is 19.9. The molecule has 4 rings (SSSR count). The normalized spacial score (nSPS) is 11.4. The van der Waals surface area contributed by atoms with E-state index in [2.05, 4.69) is 20.6 Å². The van der Waals surface area contributed by atoms with Crippen LogP contribution >= 0.6 is 0 Å². The number of hydrogen-bond donors (Lipinski definition) is 3. The van der Waals surface area contributed by atoms with Crippen molar-refractivity contribution in [2.75, 3.05) is 11.1 Å². The van der Waals surface area contributed by atoms with Gasteiger partial charge < -0.3 is 16.4 Å². The quantitative estimate of drug-likeness (QED) is 0.337. The molecule has 0 aliphatic heterocycles. The Hall–Kier alpha value is -4.77. The van der Waals surface area contributed by atoms with Crippen molar-refractivity contribution in [3.05, 3.63) is 107 Å². The summed E-state index contributed by atoms with van der Waals surface area (Å²) in [4.78, 5) is 21.5. The standard InChI is InChI=1S/C28H25FN6O/c1-17-11-26(31)32-16-25(17)22-5-3-19(4-6-22)14-33-27-24(12-20(13-30)15-34-27)28(36)35-18(2)21-7-9-23(29)10-8-21/h3-12,15-16,18H,14H2,1-2H3,(H2,31,32)(H,33,34)(H,35,36). The van der Waals surface area contributed by atoms with Crippen LogP contribution in [0, 0.1) is 24.1 Å². The van der Waals surface area contributed by atoms with E-state index in [0.29, 0.717) is 18.2 Å². The number of nitrogens with zero attached hydrogens (tertiary/aromatic N) is 3. The van der Waals surface area contributed by atoms with E-state index in [4.69, 9.17) is 5.73 Å². The Morgan fingerprint density at radius 3 is 2.47 bits per heavy atom. The molecule has 4 aromatic rings. The number of pyridine rings is 2. The Kier molecular flexibility index (Phi) is 7.21. The number of nitrogens with one attached hydrogen (secondary N) is 2. The average Bonchev–Trinajstić information content (AvgIpc) is 2.88. The summed E-state index contributed by atoms with van der Waals surface area (Å²) in [6.45, 7) is 4.22. The predicted molar refractivity (Wildman–Crippen MR) is 137 cm³/mol. The first-order valence-corrected chi connectivity index (χ1v) is 11.4. The molecule has 2 heterocycles. The summed E-state index contributed by atoms with van der Waals surface area (Å²) in [5, 5.41) is 15.4. The highest BCUT2D eigenvalue weighted by molar-refractivity contribution is 5.99. The molecule has 0 saturated carbocycles. The van der Waals surface area contributed by atoms with Crippen LogP contribution in [0.4, 0.5) is 16.0 Å². The van der Waals surface area contributed by atoms with Crippen molar-refractivity contribution in [3.8, 4) is 17.2 Å². The smallest absolute Gasteiger partial charge is 0.255 e. The van der Waals surface area contributed by atoms with Gasteiger partial charge in [0.15, 0.2) is 0 Å². The number of carbonyl (C=O) groups is 1. The van der Waals surface area contributed by atoms with E-state index >= 15 is 0 Å². The van der Waals surface area contributed by atoms with Gasteiger partial charge in [-0.2, -0.15) is 5.26 Å². The van der Waals surface area contributed by atoms with Crippen LogP contribution < -0.4 is 16.4 Å². The third kappa shape index (κ3) is 5.65. The minimum absolute atomic E-state index is 0.253. The fourth-order valence-electron chi connectivity index (χ4n) is 3.82. The van der Waals surface area contributed by atoms with Crippen molar-refractivity contribution >= 4 is 17.5 Å². The summed E-state index contributed by atoms with van der Waals surface area (Å²) < 4.78 is 13.2. The molecule has 180 valence electrons. The van der Waals surface area contributed by atoms with Crippen molar-refractivity contribution in [1.29, 1.82) is 5.26 Å². The summed E-state index contributed by atoms with van der Waals surface area (Å²) in [5.41, 5.74) is 11.1. The molecule has 0 aliphatic carbocycles. The Bertz CT molecular complexity index is 1430. The lowest BCUT2D eigenvalue weighted by Gasteiger charge is -2.16. The van der Waals surface area contributed by atoms with Gasteiger partial charge >= 0.3 is 0 Å². The van der Waals surface area contributed by atoms with Crippen molar-refractivity contribution in [3.63, 3.8) is 0 Å². The number of amides is 1. The molecule has 0 bridgehead atoms. The number of benzene rings is 2. The van der Waals surface area contributed by atoms with Gasteiger partial charge in [0.05, 0.1) is 17.2 Å². The molecule has 0 fully saturated rings. The van der Waals surface area contributed by atoms with Gasteiger partial charge in [0, 0.05) is 24.5 Å². The van der Waals surface area contributed by atoms with Gasteiger partial charge in [-0.1, -0.05) is 36.4 Å². The summed E-state index contributed by atoms with van der Waals surface area (Å²) >= 11 is 0. The monoisotopic (exact) mass is 480 g/mol. The maximum Gasteiger partial charge on any atom is 0.255 e. The first-order valence-electron chi connectivity index (χ1n) is 11.4. The molecular formula is C28H25FN6O. The summed E-state index contributed by atoms with van der Waals surface area (Å²) in [7, 11) is 0. The topological polar surface area (TPSA) is 117 Å². The van der Waals surface area contributed by atoms with Crippen LogP contribution in [0.3, 0.4) is 0 Å². The Morgan fingerprint density at radius 2 is 1.81 bits per heavy atom. The summed E-state index contributed by atoms with van der Waals surface area (Å²) in [5.74, 6) is 0.114. The molecule has 1 unspecified atom stereocenters. The first kappa shape index (κ1) is 24.4. The van der Waals surface area contributed by atoms with Gasteiger partial charge in [-0.3, -0.25) is 4.79 Å². The van der Waals surface area contributed by atoms with Crippen LogP contribution in [0.2, 0.25) is 0 Å². The van der Waals surface area contributed by atoms with Crippen molar-refractivity contribution in [1.82, 2.24) is 15.3 Å². The molecule has 8 heteroatoms. The van der Waals surface area contributed by atoms with Crippen LogP contribution in [-0.2, 0) is 6.54 Å². The van der Waals surface area contributed by atoms with E-state index in [9.17, 15) is 14.4 Å². The van der Waals surface area contributed by atoms with E-state index in [-0.39, 0.29) is 28.9 Å². The number of carbonyl (C=O) groups excluding carboxylic acids is 1. The molecular weight excluding hydrogens is 455 g/mol. The molecule has 2 aromatic carbocycles. The second kappa shape index (κ2) is 10.7. The number of aromatic nitrogens is 2. The number of aryl methyl sites for hydroxylation is 1. The predicted octanol–water partition coefficient (Wildman–Crippen LogP) is 5.15. The second-order valence-corrected chi connectivity index (χ2v) is 8.45. The molecule has 0 radical (unpaired) electrons. The number of nitrogen functional groups attached to an aromatic ring is 1. The lowest BCUT2D eigenvalue weighted by molar-refractivity contribution is 0.0940. The average molecular weight is 481 g/mol. The SMILES string of the molecule is Cc1cc(N)ncc1-c1ccc(CNc2ncc(C#N)cc2C(=O)NC(C)c2ccc(F)cc2)cc1. The lowest BCUT2D eigenvalue weighted by atomic mass is 10.0. The fraction of sp³-hybridized carbons (Fsp3) is 0.143. The minimum atomic E-state index is -0.388. The van der Waals surface area contributed by atoms with Crippen LogP contribution in [0.5, 0.6) is 0 Å². The van der Waals surface area contributed by atoms with Gasteiger partial charge in [-0.15, -0.1) is 0 Å². The Labute approximate surface area is 208 Å². The van der Waals surface area contributed by atoms with E-state index in [1.807, 2.05) is 43.3 Å². The van der Waals surface area contributed by atoms with Gasteiger partial charge in [0.2, 0.25) is 0 Å². The molecule has 0 spiro atoms. The molecule has 36 heavy (non-hydrogen) atoms. The van der Waals surface area contributed by atoms with Gasteiger partial charge in [-0.25, -0.2) is 14.4 Å². The highest BCUT2D eigenvalue weighted by Gasteiger charge is 2.17. The van der Waals surface area contributed by atoms with Crippen molar-refractivity contribution in [2.24, 2.45) is 0 Å². The Balaban J connectivity index is 1.49. The van der Waals surface area contributed by atoms with Crippen LogP contribution in [-0.4, -0.2) is 15.9 Å². The highest BCUT2D eigenvalue weighted by atomic mass is 19.1. The first-order chi connectivity index (χ1) is 17.3. The fourth-order valence-corrected chi connectivity index (χ4v) is 3.82. The third-order valence-electron chi connectivity index (χ3n) is 5.84. The number of rotatable bonds is 7. The van der Waals surface area contributed by atoms with E-state index in [0.717, 1.165) is 27.8 Å². The second-order valence-electron chi connectivity index (χ2n) is 8.45. The van der Waals surface area contributed by atoms with E-state index < -0.39 is 0 Å². The number of nitrogens with two attached hydrogens (primary N) is 1. The van der Waals surface area contributed by atoms with Crippen molar-refractivity contribution in [2.45, 2.75) is 26.4 Å².